The van der Waals surface area contributed by atoms with Gasteiger partial charge in [-0.1, -0.05) is 12.1 Å². The van der Waals surface area contributed by atoms with Crippen molar-refractivity contribution in [1.29, 1.82) is 5.26 Å². The van der Waals surface area contributed by atoms with E-state index >= 15 is 0 Å². The van der Waals surface area contributed by atoms with Gasteiger partial charge < -0.3 is 20.9 Å². The van der Waals surface area contributed by atoms with E-state index in [1.54, 1.807) is 54.7 Å². The summed E-state index contributed by atoms with van der Waals surface area (Å²) in [6.45, 7) is 2.39. The number of benzene rings is 2. The number of urea groups is 1. The molecular weight excluding hydrogens is 416 g/mol. The van der Waals surface area contributed by atoms with Crippen LogP contribution in [-0.2, 0) is 6.54 Å². The van der Waals surface area contributed by atoms with Crippen molar-refractivity contribution in [1.82, 2.24) is 10.3 Å². The summed E-state index contributed by atoms with van der Waals surface area (Å²) in [5.41, 5.74) is 2.84. The summed E-state index contributed by atoms with van der Waals surface area (Å²) in [5, 5.41) is 17.4. The lowest BCUT2D eigenvalue weighted by molar-refractivity contribution is 0.102. The van der Waals surface area contributed by atoms with Crippen molar-refractivity contribution in [2.45, 2.75) is 19.4 Å². The molecule has 1 fully saturated rings. The topological polar surface area (TPSA) is 110 Å². The van der Waals surface area contributed by atoms with E-state index in [1.807, 2.05) is 18.2 Å². The fourth-order valence-corrected chi connectivity index (χ4v) is 3.66. The van der Waals surface area contributed by atoms with E-state index < -0.39 is 0 Å². The summed E-state index contributed by atoms with van der Waals surface area (Å²) >= 11 is 0. The smallest absolute Gasteiger partial charge is 0.319 e. The fourth-order valence-electron chi connectivity index (χ4n) is 3.66. The minimum absolute atomic E-state index is 0.333. The van der Waals surface area contributed by atoms with E-state index in [4.69, 9.17) is 5.26 Å². The van der Waals surface area contributed by atoms with Crippen LogP contribution in [0.25, 0.3) is 0 Å². The summed E-state index contributed by atoms with van der Waals surface area (Å²) in [6.07, 6.45) is 4.11. The molecule has 166 valence electrons. The predicted molar refractivity (Wildman–Crippen MR) is 127 cm³/mol. The van der Waals surface area contributed by atoms with Gasteiger partial charge in [0.2, 0.25) is 0 Å². The molecule has 0 radical (unpaired) electrons. The van der Waals surface area contributed by atoms with Crippen molar-refractivity contribution in [3.8, 4) is 6.07 Å². The first kappa shape index (κ1) is 21.8. The highest BCUT2D eigenvalue weighted by Gasteiger charge is 2.14. The lowest BCUT2D eigenvalue weighted by Crippen LogP contribution is -2.28. The van der Waals surface area contributed by atoms with Crippen LogP contribution in [0.2, 0.25) is 0 Å². The summed E-state index contributed by atoms with van der Waals surface area (Å²) in [6, 6.07) is 18.9. The minimum Gasteiger partial charge on any atom is -0.357 e. The van der Waals surface area contributed by atoms with Crippen LogP contribution in [0.1, 0.15) is 34.3 Å². The molecule has 33 heavy (non-hydrogen) atoms. The molecule has 0 saturated carbocycles. The number of amides is 3. The molecule has 4 rings (SSSR count). The van der Waals surface area contributed by atoms with Gasteiger partial charge in [0.15, 0.2) is 0 Å². The van der Waals surface area contributed by atoms with Gasteiger partial charge >= 0.3 is 6.03 Å². The van der Waals surface area contributed by atoms with Crippen molar-refractivity contribution in [2.75, 3.05) is 28.6 Å². The van der Waals surface area contributed by atoms with Crippen LogP contribution in [0.3, 0.4) is 0 Å². The Kier molecular flexibility index (Phi) is 6.81. The zero-order chi connectivity index (χ0) is 23.0. The van der Waals surface area contributed by atoms with Crippen LogP contribution in [0, 0.1) is 11.3 Å². The second-order valence-corrected chi connectivity index (χ2v) is 7.75. The highest BCUT2D eigenvalue weighted by atomic mass is 16.2. The summed E-state index contributed by atoms with van der Waals surface area (Å²) in [4.78, 5) is 31.6. The highest BCUT2D eigenvalue weighted by Crippen LogP contribution is 2.19. The molecule has 1 aromatic heterocycles. The van der Waals surface area contributed by atoms with Gasteiger partial charge in [0.25, 0.3) is 5.91 Å². The van der Waals surface area contributed by atoms with Crippen LogP contribution in [0.4, 0.5) is 22.0 Å². The van der Waals surface area contributed by atoms with Gasteiger partial charge in [0.1, 0.15) is 5.82 Å². The molecule has 0 bridgehead atoms. The number of nitrogens with zero attached hydrogens (tertiary/aromatic N) is 3. The number of hydrogen-bond donors (Lipinski definition) is 3. The molecule has 2 heterocycles. The Labute approximate surface area is 192 Å². The first-order valence-corrected chi connectivity index (χ1v) is 10.8. The third-order valence-corrected chi connectivity index (χ3v) is 5.33. The van der Waals surface area contributed by atoms with Crippen LogP contribution in [-0.4, -0.2) is 30.0 Å². The second kappa shape index (κ2) is 10.3. The van der Waals surface area contributed by atoms with Gasteiger partial charge in [-0.3, -0.25) is 4.79 Å². The average Bonchev–Trinajstić information content (AvgIpc) is 3.38. The number of nitrogens with one attached hydrogen (secondary N) is 3. The predicted octanol–water partition coefficient (Wildman–Crippen LogP) is 4.13. The van der Waals surface area contributed by atoms with E-state index in [2.05, 4.69) is 25.8 Å². The Morgan fingerprint density at radius 1 is 0.970 bits per heavy atom. The highest BCUT2D eigenvalue weighted by molar-refractivity contribution is 6.05. The number of anilines is 3. The third kappa shape index (κ3) is 5.86. The van der Waals surface area contributed by atoms with Gasteiger partial charge in [-0.2, -0.15) is 5.26 Å². The minimum atomic E-state index is -0.367. The van der Waals surface area contributed by atoms with E-state index in [9.17, 15) is 9.59 Å². The Hall–Kier alpha value is -4.38. The van der Waals surface area contributed by atoms with Gasteiger partial charge in [0.05, 0.1) is 11.6 Å². The molecule has 8 nitrogen and oxygen atoms in total. The molecule has 1 aliphatic heterocycles. The number of carbonyl (C=O) groups excluding carboxylic acids is 2. The van der Waals surface area contributed by atoms with E-state index in [0.29, 0.717) is 29.0 Å². The number of aromatic nitrogens is 1. The molecule has 2 aromatic carbocycles. The van der Waals surface area contributed by atoms with Crippen molar-refractivity contribution >= 4 is 29.1 Å². The molecular formula is C25H24N6O2. The first-order chi connectivity index (χ1) is 16.1. The Balaban J connectivity index is 1.33. The molecule has 0 atom stereocenters. The van der Waals surface area contributed by atoms with Crippen molar-refractivity contribution in [3.05, 3.63) is 83.6 Å². The standard InChI is InChI=1S/C25H24N6O2/c26-16-18-5-3-7-21(13-18)29-24(32)20-6-4-8-22(15-20)30-25(33)28-17-19-9-10-27-23(14-19)31-11-1-2-12-31/h3-10,13-15H,1-2,11-12,17H2,(H,29,32)(H2,28,30,33). The van der Waals surface area contributed by atoms with Crippen LogP contribution in [0.15, 0.2) is 66.9 Å². The maximum absolute atomic E-state index is 12.6. The van der Waals surface area contributed by atoms with Crippen molar-refractivity contribution < 1.29 is 9.59 Å². The largest absolute Gasteiger partial charge is 0.357 e. The number of hydrogen-bond acceptors (Lipinski definition) is 5. The van der Waals surface area contributed by atoms with Gasteiger partial charge in [-0.25, -0.2) is 9.78 Å². The first-order valence-electron chi connectivity index (χ1n) is 10.8. The van der Waals surface area contributed by atoms with Crippen LogP contribution in [0.5, 0.6) is 0 Å². The molecule has 0 aliphatic carbocycles. The quantitative estimate of drug-likeness (QED) is 0.534. The van der Waals surface area contributed by atoms with E-state index in [1.165, 1.54) is 12.8 Å². The maximum Gasteiger partial charge on any atom is 0.319 e. The SMILES string of the molecule is N#Cc1cccc(NC(=O)c2cccc(NC(=O)NCc3ccnc(N4CCCC4)c3)c2)c1. The fraction of sp³-hybridized carbons (Fsp3) is 0.200. The normalized spacial score (nSPS) is 12.6. The van der Waals surface area contributed by atoms with Gasteiger partial charge in [-0.05, 0) is 66.9 Å². The Bertz CT molecular complexity index is 1200. The average molecular weight is 441 g/mol. The van der Waals surface area contributed by atoms with Gasteiger partial charge in [-0.15, -0.1) is 0 Å². The van der Waals surface area contributed by atoms with Crippen LogP contribution >= 0.6 is 0 Å². The van der Waals surface area contributed by atoms with Crippen molar-refractivity contribution in [3.63, 3.8) is 0 Å². The number of nitriles is 1. The summed E-state index contributed by atoms with van der Waals surface area (Å²) in [7, 11) is 0. The number of carbonyl (C=O) groups is 2. The second-order valence-electron chi connectivity index (χ2n) is 7.75. The molecule has 1 aliphatic rings. The molecule has 3 amide bonds. The number of rotatable bonds is 6. The molecule has 3 N–H and O–H groups in total. The number of pyridine rings is 1. The van der Waals surface area contributed by atoms with Crippen molar-refractivity contribution in [2.24, 2.45) is 0 Å². The Morgan fingerprint density at radius 3 is 2.52 bits per heavy atom. The molecule has 8 heteroatoms. The van der Waals surface area contributed by atoms with Gasteiger partial charge in [0, 0.05) is 42.8 Å². The Morgan fingerprint density at radius 2 is 1.73 bits per heavy atom. The lowest BCUT2D eigenvalue weighted by Gasteiger charge is -2.17. The van der Waals surface area contributed by atoms with E-state index in [-0.39, 0.29) is 11.9 Å². The third-order valence-electron chi connectivity index (χ3n) is 5.33. The maximum atomic E-state index is 12.6. The molecule has 1 saturated heterocycles. The zero-order valence-corrected chi connectivity index (χ0v) is 18.0. The zero-order valence-electron chi connectivity index (χ0n) is 18.0. The summed E-state index contributed by atoms with van der Waals surface area (Å²) < 4.78 is 0. The van der Waals surface area contributed by atoms with E-state index in [0.717, 1.165) is 24.5 Å². The molecule has 0 spiro atoms. The lowest BCUT2D eigenvalue weighted by atomic mass is 10.1. The summed E-state index contributed by atoms with van der Waals surface area (Å²) in [5.74, 6) is 0.603. The molecule has 3 aromatic rings. The monoisotopic (exact) mass is 440 g/mol. The van der Waals surface area contributed by atoms with Crippen LogP contribution < -0.4 is 20.9 Å². The molecule has 0 unspecified atom stereocenters.